The molecule has 88 valence electrons. The molecule has 2 nitrogen and oxygen atoms in total. The van der Waals surface area contributed by atoms with Gasteiger partial charge in [-0.05, 0) is 67.8 Å². The molecular formula is C14H21NO. The first-order valence-electron chi connectivity index (χ1n) is 6.03. The smallest absolute Gasteiger partial charge is 0.122 e. The summed E-state index contributed by atoms with van der Waals surface area (Å²) in [5.41, 5.74) is 9.92. The summed E-state index contributed by atoms with van der Waals surface area (Å²) in [7, 11) is 1.72. The lowest BCUT2D eigenvalue weighted by molar-refractivity contribution is 0.410. The van der Waals surface area contributed by atoms with Gasteiger partial charge in [0.05, 0.1) is 7.11 Å². The topological polar surface area (TPSA) is 35.2 Å². The molecule has 0 radical (unpaired) electrons. The first-order valence-corrected chi connectivity index (χ1v) is 6.03. The number of rotatable bonds is 4. The summed E-state index contributed by atoms with van der Waals surface area (Å²) in [4.78, 5) is 0. The summed E-state index contributed by atoms with van der Waals surface area (Å²) >= 11 is 0. The van der Waals surface area contributed by atoms with Crippen LogP contribution in [0.15, 0.2) is 12.1 Å². The maximum Gasteiger partial charge on any atom is 0.122 e. The van der Waals surface area contributed by atoms with Crippen molar-refractivity contribution in [2.75, 3.05) is 13.7 Å². The van der Waals surface area contributed by atoms with Gasteiger partial charge >= 0.3 is 0 Å². The van der Waals surface area contributed by atoms with Crippen molar-refractivity contribution in [2.45, 2.75) is 32.6 Å². The zero-order valence-corrected chi connectivity index (χ0v) is 10.4. The van der Waals surface area contributed by atoms with Gasteiger partial charge in [-0.25, -0.2) is 0 Å². The van der Waals surface area contributed by atoms with Crippen LogP contribution < -0.4 is 10.5 Å². The third kappa shape index (κ3) is 1.94. The van der Waals surface area contributed by atoms with Gasteiger partial charge in [0.25, 0.3) is 0 Å². The summed E-state index contributed by atoms with van der Waals surface area (Å²) in [6.07, 6.45) is 2.68. The standard InChI is InChI=1S/C14H21NO/c1-9-10(2)14(16-3)7-6-12(9)13(8-15)11-4-5-11/h6-7,11,13H,4-5,8,15H2,1-3H3. The van der Waals surface area contributed by atoms with Crippen LogP contribution in [0, 0.1) is 19.8 Å². The molecule has 1 fully saturated rings. The molecule has 0 spiro atoms. The molecule has 1 aliphatic rings. The van der Waals surface area contributed by atoms with E-state index in [0.717, 1.165) is 18.2 Å². The fraction of sp³-hybridized carbons (Fsp3) is 0.571. The third-order valence-corrected chi connectivity index (χ3v) is 3.84. The van der Waals surface area contributed by atoms with E-state index >= 15 is 0 Å². The van der Waals surface area contributed by atoms with Gasteiger partial charge in [0.1, 0.15) is 5.75 Å². The maximum absolute atomic E-state index is 5.90. The fourth-order valence-electron chi connectivity index (χ4n) is 2.51. The largest absolute Gasteiger partial charge is 0.496 e. The van der Waals surface area contributed by atoms with Crippen LogP contribution in [-0.2, 0) is 0 Å². The van der Waals surface area contributed by atoms with E-state index in [9.17, 15) is 0 Å². The van der Waals surface area contributed by atoms with Crippen molar-refractivity contribution < 1.29 is 4.74 Å². The molecule has 2 heteroatoms. The first kappa shape index (κ1) is 11.5. The average Bonchev–Trinajstić information content (AvgIpc) is 3.10. The van der Waals surface area contributed by atoms with E-state index in [0.29, 0.717) is 5.92 Å². The Kier molecular flexibility index (Phi) is 3.20. The van der Waals surface area contributed by atoms with Crippen LogP contribution in [0.1, 0.15) is 35.4 Å². The Bertz CT molecular complexity index is 383. The van der Waals surface area contributed by atoms with E-state index in [2.05, 4.69) is 26.0 Å². The monoisotopic (exact) mass is 219 g/mol. The average molecular weight is 219 g/mol. The van der Waals surface area contributed by atoms with E-state index in [4.69, 9.17) is 10.5 Å². The summed E-state index contributed by atoms with van der Waals surface area (Å²) in [5, 5.41) is 0. The molecule has 2 rings (SSSR count). The molecule has 0 aliphatic heterocycles. The first-order chi connectivity index (χ1) is 7.69. The SMILES string of the molecule is COc1ccc(C(CN)C2CC2)c(C)c1C. The fourth-order valence-corrected chi connectivity index (χ4v) is 2.51. The number of ether oxygens (including phenoxy) is 1. The van der Waals surface area contributed by atoms with Gasteiger partial charge in [-0.2, -0.15) is 0 Å². The molecule has 1 aromatic rings. The number of benzene rings is 1. The molecule has 0 amide bonds. The lowest BCUT2D eigenvalue weighted by atomic mass is 9.88. The van der Waals surface area contributed by atoms with Gasteiger partial charge in [0.2, 0.25) is 0 Å². The summed E-state index contributed by atoms with van der Waals surface area (Å²) in [6.45, 7) is 5.06. The number of hydrogen-bond donors (Lipinski definition) is 1. The Labute approximate surface area is 97.8 Å². The number of methoxy groups -OCH3 is 1. The molecule has 0 saturated heterocycles. The van der Waals surface area contributed by atoms with E-state index in [1.165, 1.54) is 29.5 Å². The second kappa shape index (κ2) is 4.46. The van der Waals surface area contributed by atoms with Crippen molar-refractivity contribution in [3.8, 4) is 5.75 Å². The van der Waals surface area contributed by atoms with E-state index in [1.807, 2.05) is 0 Å². The Morgan fingerprint density at radius 2 is 2.00 bits per heavy atom. The van der Waals surface area contributed by atoms with Crippen LogP contribution in [0.2, 0.25) is 0 Å². The normalized spacial score (nSPS) is 17.2. The van der Waals surface area contributed by atoms with E-state index in [1.54, 1.807) is 7.11 Å². The lowest BCUT2D eigenvalue weighted by Gasteiger charge is -2.19. The highest BCUT2D eigenvalue weighted by Crippen LogP contribution is 2.43. The molecule has 1 atom stereocenters. The quantitative estimate of drug-likeness (QED) is 0.845. The Hall–Kier alpha value is -1.02. The van der Waals surface area contributed by atoms with Crippen molar-refractivity contribution in [1.29, 1.82) is 0 Å². The molecule has 0 aromatic heterocycles. The second-order valence-electron chi connectivity index (χ2n) is 4.79. The van der Waals surface area contributed by atoms with Crippen molar-refractivity contribution in [1.82, 2.24) is 0 Å². The van der Waals surface area contributed by atoms with Crippen LogP contribution in [0.3, 0.4) is 0 Å². The second-order valence-corrected chi connectivity index (χ2v) is 4.79. The zero-order chi connectivity index (χ0) is 11.7. The van der Waals surface area contributed by atoms with E-state index in [-0.39, 0.29) is 0 Å². The lowest BCUT2D eigenvalue weighted by Crippen LogP contribution is -2.16. The minimum atomic E-state index is 0.546. The Balaban J connectivity index is 2.37. The maximum atomic E-state index is 5.90. The Morgan fingerprint density at radius 1 is 1.31 bits per heavy atom. The minimum absolute atomic E-state index is 0.546. The van der Waals surface area contributed by atoms with Crippen molar-refractivity contribution in [2.24, 2.45) is 11.7 Å². The number of hydrogen-bond acceptors (Lipinski definition) is 2. The molecule has 16 heavy (non-hydrogen) atoms. The van der Waals surface area contributed by atoms with Crippen molar-refractivity contribution in [3.63, 3.8) is 0 Å². The summed E-state index contributed by atoms with van der Waals surface area (Å²) in [6, 6.07) is 4.26. The van der Waals surface area contributed by atoms with Gasteiger partial charge < -0.3 is 10.5 Å². The van der Waals surface area contributed by atoms with Gasteiger partial charge in [-0.3, -0.25) is 0 Å². The molecule has 1 aromatic carbocycles. The van der Waals surface area contributed by atoms with Crippen molar-refractivity contribution in [3.05, 3.63) is 28.8 Å². The van der Waals surface area contributed by atoms with Crippen LogP contribution >= 0.6 is 0 Å². The van der Waals surface area contributed by atoms with Crippen LogP contribution in [0.4, 0.5) is 0 Å². The molecular weight excluding hydrogens is 198 g/mol. The minimum Gasteiger partial charge on any atom is -0.496 e. The van der Waals surface area contributed by atoms with Gasteiger partial charge in [-0.1, -0.05) is 6.07 Å². The van der Waals surface area contributed by atoms with Gasteiger partial charge in [0, 0.05) is 0 Å². The van der Waals surface area contributed by atoms with Crippen LogP contribution in [0.5, 0.6) is 5.75 Å². The Morgan fingerprint density at radius 3 is 2.50 bits per heavy atom. The predicted octanol–water partition coefficient (Wildman–Crippen LogP) is 2.76. The predicted molar refractivity (Wildman–Crippen MR) is 67.0 cm³/mol. The third-order valence-electron chi connectivity index (χ3n) is 3.84. The summed E-state index contributed by atoms with van der Waals surface area (Å²) < 4.78 is 5.34. The summed E-state index contributed by atoms with van der Waals surface area (Å²) in [5.74, 6) is 2.34. The highest BCUT2D eigenvalue weighted by Gasteiger charge is 2.32. The van der Waals surface area contributed by atoms with Crippen LogP contribution in [0.25, 0.3) is 0 Å². The number of nitrogens with two attached hydrogens (primary N) is 1. The molecule has 2 N–H and O–H groups in total. The van der Waals surface area contributed by atoms with E-state index < -0.39 is 0 Å². The zero-order valence-electron chi connectivity index (χ0n) is 10.4. The highest BCUT2D eigenvalue weighted by atomic mass is 16.5. The highest BCUT2D eigenvalue weighted by molar-refractivity contribution is 5.45. The molecule has 0 bridgehead atoms. The van der Waals surface area contributed by atoms with Crippen molar-refractivity contribution >= 4 is 0 Å². The molecule has 1 saturated carbocycles. The molecule has 0 heterocycles. The molecule has 1 unspecified atom stereocenters. The van der Waals surface area contributed by atoms with Crippen LogP contribution in [-0.4, -0.2) is 13.7 Å². The molecule has 1 aliphatic carbocycles. The van der Waals surface area contributed by atoms with Gasteiger partial charge in [-0.15, -0.1) is 0 Å². The van der Waals surface area contributed by atoms with Gasteiger partial charge in [0.15, 0.2) is 0 Å².